The summed E-state index contributed by atoms with van der Waals surface area (Å²) in [6.45, 7) is 0. The summed E-state index contributed by atoms with van der Waals surface area (Å²) in [5.41, 5.74) is 1.98. The van der Waals surface area contributed by atoms with Crippen molar-refractivity contribution in [2.45, 2.75) is 0 Å². The van der Waals surface area contributed by atoms with Gasteiger partial charge in [-0.2, -0.15) is 0 Å². The van der Waals surface area contributed by atoms with Crippen molar-refractivity contribution in [3.63, 3.8) is 0 Å². The van der Waals surface area contributed by atoms with E-state index in [0.29, 0.717) is 10.7 Å². The number of carbonyl (C=O) groups excluding carboxylic acids is 2. The van der Waals surface area contributed by atoms with Crippen molar-refractivity contribution in [1.82, 2.24) is 14.8 Å². The average Bonchev–Trinajstić information content (AvgIpc) is 2.92. The van der Waals surface area contributed by atoms with Crippen molar-refractivity contribution in [3.8, 4) is 0 Å². The van der Waals surface area contributed by atoms with Gasteiger partial charge >= 0.3 is 6.03 Å². The van der Waals surface area contributed by atoms with Crippen LogP contribution in [0.4, 0.5) is 4.79 Å². The Morgan fingerprint density at radius 2 is 1.95 bits per heavy atom. The molecule has 1 fully saturated rings. The topological polar surface area (TPSA) is 56.4 Å². The number of aromatic amines is 1. The molecule has 1 aromatic heterocycles. The number of H-pyrrole nitrogens is 1. The molecule has 0 spiro atoms. The molecule has 2 aromatic rings. The molecule has 3 amide bonds. The molecule has 1 aliphatic rings. The predicted octanol–water partition coefficient (Wildman–Crippen LogP) is 2.69. The number of rotatable bonds is 1. The monoisotopic (exact) mass is 289 g/mol. The Balaban J connectivity index is 2.14. The number of urea groups is 1. The van der Waals surface area contributed by atoms with E-state index in [4.69, 9.17) is 11.6 Å². The van der Waals surface area contributed by atoms with E-state index in [1.807, 2.05) is 12.1 Å². The Morgan fingerprint density at radius 3 is 2.60 bits per heavy atom. The van der Waals surface area contributed by atoms with Crippen molar-refractivity contribution in [1.29, 1.82) is 0 Å². The van der Waals surface area contributed by atoms with Crippen molar-refractivity contribution in [3.05, 3.63) is 40.7 Å². The fourth-order valence-corrected chi connectivity index (χ4v) is 2.52. The molecular weight excluding hydrogens is 278 g/mol. The highest BCUT2D eigenvalue weighted by atomic mass is 35.5. The number of hydrogen-bond donors (Lipinski definition) is 1. The fourth-order valence-electron chi connectivity index (χ4n) is 2.29. The van der Waals surface area contributed by atoms with Crippen molar-refractivity contribution in [2.24, 2.45) is 0 Å². The normalized spacial score (nSPS) is 17.9. The molecule has 1 aliphatic heterocycles. The van der Waals surface area contributed by atoms with Crippen LogP contribution in [-0.4, -0.2) is 40.8 Å². The van der Waals surface area contributed by atoms with E-state index in [1.54, 1.807) is 25.4 Å². The standard InChI is InChI=1S/C14H12ClN3O2/c1-17-11(13(19)18(2)14(17)20)6-8-7-16-12-9(8)4-3-5-10(12)15/h3-7,16H,1-2H3. The van der Waals surface area contributed by atoms with Crippen LogP contribution in [0.2, 0.25) is 5.02 Å². The molecule has 1 aromatic carbocycles. The molecule has 20 heavy (non-hydrogen) atoms. The average molecular weight is 290 g/mol. The molecule has 102 valence electrons. The van der Waals surface area contributed by atoms with Crippen molar-refractivity contribution >= 4 is 40.5 Å². The summed E-state index contributed by atoms with van der Waals surface area (Å²) in [7, 11) is 3.05. The maximum absolute atomic E-state index is 12.0. The molecular formula is C14H12ClN3O2. The third kappa shape index (κ3) is 1.71. The van der Waals surface area contributed by atoms with Crippen LogP contribution < -0.4 is 0 Å². The van der Waals surface area contributed by atoms with Crippen LogP contribution in [-0.2, 0) is 4.79 Å². The first-order chi connectivity index (χ1) is 9.50. The second-order valence-electron chi connectivity index (χ2n) is 4.64. The molecule has 0 bridgehead atoms. The third-order valence-corrected chi connectivity index (χ3v) is 3.76. The minimum atomic E-state index is -0.334. The van der Waals surface area contributed by atoms with E-state index in [0.717, 1.165) is 21.4 Å². The van der Waals surface area contributed by atoms with Crippen LogP contribution in [0, 0.1) is 0 Å². The number of carbonyl (C=O) groups is 2. The molecule has 6 heteroatoms. The number of likely N-dealkylation sites (N-methyl/N-ethyl adjacent to an activating group) is 2. The van der Waals surface area contributed by atoms with E-state index >= 15 is 0 Å². The summed E-state index contributed by atoms with van der Waals surface area (Å²) >= 11 is 6.10. The Morgan fingerprint density at radius 1 is 1.20 bits per heavy atom. The van der Waals surface area contributed by atoms with Gasteiger partial charge in [0.2, 0.25) is 0 Å². The van der Waals surface area contributed by atoms with Crippen molar-refractivity contribution < 1.29 is 9.59 Å². The number of benzene rings is 1. The predicted molar refractivity (Wildman–Crippen MR) is 77.2 cm³/mol. The second kappa shape index (κ2) is 4.38. The summed E-state index contributed by atoms with van der Waals surface area (Å²) in [6, 6.07) is 5.22. The maximum atomic E-state index is 12.0. The van der Waals surface area contributed by atoms with Gasteiger partial charge in [0.1, 0.15) is 5.70 Å². The fraction of sp³-hybridized carbons (Fsp3) is 0.143. The first-order valence-corrected chi connectivity index (χ1v) is 6.41. The number of para-hydroxylation sites is 1. The molecule has 0 atom stereocenters. The van der Waals surface area contributed by atoms with Gasteiger partial charge in [0.25, 0.3) is 5.91 Å². The van der Waals surface area contributed by atoms with E-state index in [2.05, 4.69) is 4.98 Å². The minimum absolute atomic E-state index is 0.311. The minimum Gasteiger partial charge on any atom is -0.359 e. The molecule has 0 aliphatic carbocycles. The van der Waals surface area contributed by atoms with Crippen LogP contribution in [0.15, 0.2) is 30.1 Å². The lowest BCUT2D eigenvalue weighted by molar-refractivity contribution is -0.122. The van der Waals surface area contributed by atoms with Gasteiger partial charge in [0, 0.05) is 31.2 Å². The largest absolute Gasteiger partial charge is 0.359 e. The first kappa shape index (κ1) is 12.7. The number of aromatic nitrogens is 1. The van der Waals surface area contributed by atoms with Crippen LogP contribution in [0.3, 0.4) is 0 Å². The maximum Gasteiger partial charge on any atom is 0.331 e. The van der Waals surface area contributed by atoms with Crippen molar-refractivity contribution in [2.75, 3.05) is 14.1 Å². The second-order valence-corrected chi connectivity index (χ2v) is 5.05. The van der Waals surface area contributed by atoms with E-state index in [9.17, 15) is 9.59 Å². The zero-order valence-corrected chi connectivity index (χ0v) is 11.7. The van der Waals surface area contributed by atoms with Gasteiger partial charge in [0.05, 0.1) is 10.5 Å². The van der Waals surface area contributed by atoms with Gasteiger partial charge in [-0.05, 0) is 12.1 Å². The smallest absolute Gasteiger partial charge is 0.331 e. The summed E-state index contributed by atoms with van der Waals surface area (Å²) in [6.07, 6.45) is 3.46. The SMILES string of the molecule is CN1C(=O)C(=Cc2c[nH]c3c(Cl)cccc23)N(C)C1=O. The lowest BCUT2D eigenvalue weighted by Crippen LogP contribution is -2.27. The Labute approximate surface area is 120 Å². The Bertz CT molecular complexity index is 763. The molecule has 1 N–H and O–H groups in total. The number of nitrogens with zero attached hydrogens (tertiary/aromatic N) is 2. The van der Waals surface area contributed by atoms with Gasteiger partial charge in [-0.15, -0.1) is 0 Å². The Hall–Kier alpha value is -2.27. The van der Waals surface area contributed by atoms with Crippen LogP contribution >= 0.6 is 11.6 Å². The molecule has 0 saturated carbocycles. The van der Waals surface area contributed by atoms with Gasteiger partial charge < -0.3 is 4.98 Å². The lowest BCUT2D eigenvalue weighted by atomic mass is 10.1. The molecule has 3 rings (SSSR count). The number of fused-ring (bicyclic) bond motifs is 1. The molecule has 0 unspecified atom stereocenters. The summed E-state index contributed by atoms with van der Waals surface area (Å²) in [5, 5.41) is 1.53. The quantitative estimate of drug-likeness (QED) is 0.648. The number of halogens is 1. The molecule has 0 radical (unpaired) electrons. The highest BCUT2D eigenvalue weighted by Gasteiger charge is 2.35. The molecule has 2 heterocycles. The molecule has 5 nitrogen and oxygen atoms in total. The van der Waals surface area contributed by atoms with Gasteiger partial charge in [-0.1, -0.05) is 23.7 Å². The van der Waals surface area contributed by atoms with Crippen LogP contribution in [0.25, 0.3) is 17.0 Å². The van der Waals surface area contributed by atoms with E-state index in [-0.39, 0.29) is 11.9 Å². The van der Waals surface area contributed by atoms with Crippen LogP contribution in [0.5, 0.6) is 0 Å². The van der Waals surface area contributed by atoms with Gasteiger partial charge in [-0.25, -0.2) is 4.79 Å². The van der Waals surface area contributed by atoms with E-state index in [1.165, 1.54) is 11.9 Å². The number of amides is 3. The zero-order chi connectivity index (χ0) is 14.4. The van der Waals surface area contributed by atoms with E-state index < -0.39 is 0 Å². The van der Waals surface area contributed by atoms with Gasteiger partial charge in [0.15, 0.2) is 0 Å². The highest BCUT2D eigenvalue weighted by Crippen LogP contribution is 2.28. The van der Waals surface area contributed by atoms with Crippen LogP contribution in [0.1, 0.15) is 5.56 Å². The van der Waals surface area contributed by atoms with Gasteiger partial charge in [-0.3, -0.25) is 14.6 Å². The first-order valence-electron chi connectivity index (χ1n) is 6.03. The number of imide groups is 1. The third-order valence-electron chi connectivity index (χ3n) is 3.45. The summed E-state index contributed by atoms with van der Waals surface area (Å²) < 4.78 is 0. The molecule has 1 saturated heterocycles. The summed E-state index contributed by atoms with van der Waals surface area (Å²) in [5.74, 6) is -0.311. The summed E-state index contributed by atoms with van der Waals surface area (Å²) in [4.78, 5) is 29.3. The lowest BCUT2D eigenvalue weighted by Gasteiger charge is -2.07. The Kier molecular flexibility index (Phi) is 2.79. The highest BCUT2D eigenvalue weighted by molar-refractivity contribution is 6.35. The number of hydrogen-bond acceptors (Lipinski definition) is 2. The zero-order valence-electron chi connectivity index (χ0n) is 11.0. The number of nitrogens with one attached hydrogen (secondary N) is 1.